The number of carbonyl (C=O) groups is 3. The molecule has 0 bridgehead atoms. The molecule has 0 spiro atoms. The van der Waals surface area contributed by atoms with Gasteiger partial charge in [-0.15, -0.1) is 0 Å². The third-order valence-corrected chi connectivity index (χ3v) is 13.8. The van der Waals surface area contributed by atoms with E-state index < -0.39 is 6.10 Å². The lowest BCUT2D eigenvalue weighted by Crippen LogP contribution is -2.30. The van der Waals surface area contributed by atoms with E-state index in [2.05, 4.69) is 167 Å². The van der Waals surface area contributed by atoms with E-state index in [0.29, 0.717) is 19.3 Å². The van der Waals surface area contributed by atoms with Gasteiger partial charge in [0, 0.05) is 19.3 Å². The van der Waals surface area contributed by atoms with E-state index in [4.69, 9.17) is 14.2 Å². The van der Waals surface area contributed by atoms with E-state index in [1.54, 1.807) is 0 Å². The highest BCUT2D eigenvalue weighted by Gasteiger charge is 2.19. The number of unbranched alkanes of at least 4 members (excludes halogenated alkanes) is 24. The molecule has 0 saturated heterocycles. The molecule has 0 fully saturated rings. The molecule has 6 heteroatoms. The Morgan fingerprint density at radius 1 is 0.247 bits per heavy atom. The zero-order valence-electron chi connectivity index (χ0n) is 52.5. The normalized spacial score (nSPS) is 13.1. The summed E-state index contributed by atoms with van der Waals surface area (Å²) in [6.45, 7) is 6.27. The molecule has 81 heavy (non-hydrogen) atoms. The molecule has 0 aliphatic rings. The summed E-state index contributed by atoms with van der Waals surface area (Å²) in [6, 6.07) is 0. The lowest BCUT2D eigenvalue weighted by molar-refractivity contribution is -0.167. The van der Waals surface area contributed by atoms with Crippen molar-refractivity contribution in [2.24, 2.45) is 0 Å². The van der Waals surface area contributed by atoms with E-state index in [0.717, 1.165) is 141 Å². The smallest absolute Gasteiger partial charge is 0.306 e. The van der Waals surface area contributed by atoms with Gasteiger partial charge < -0.3 is 14.2 Å². The molecular formula is C75H122O6. The molecule has 0 N–H and O–H groups in total. The Labute approximate surface area is 499 Å². The maximum absolute atomic E-state index is 12.9. The summed E-state index contributed by atoms with van der Waals surface area (Å²) in [4.78, 5) is 38.3. The van der Waals surface area contributed by atoms with Gasteiger partial charge in [-0.25, -0.2) is 0 Å². The van der Waals surface area contributed by atoms with Crippen molar-refractivity contribution in [3.63, 3.8) is 0 Å². The molecule has 458 valence electrons. The van der Waals surface area contributed by atoms with Crippen LogP contribution in [-0.2, 0) is 28.6 Å². The van der Waals surface area contributed by atoms with E-state index in [1.165, 1.54) is 109 Å². The van der Waals surface area contributed by atoms with Gasteiger partial charge in [0.25, 0.3) is 0 Å². The number of hydrogen-bond acceptors (Lipinski definition) is 6. The predicted octanol–water partition coefficient (Wildman–Crippen LogP) is 23.1. The van der Waals surface area contributed by atoms with Crippen LogP contribution < -0.4 is 0 Å². The van der Waals surface area contributed by atoms with Crippen LogP contribution in [0.25, 0.3) is 0 Å². The molecule has 0 rings (SSSR count). The van der Waals surface area contributed by atoms with Gasteiger partial charge >= 0.3 is 17.9 Å². The van der Waals surface area contributed by atoms with Crippen molar-refractivity contribution in [2.75, 3.05) is 13.2 Å². The zero-order chi connectivity index (χ0) is 58.5. The Morgan fingerprint density at radius 2 is 0.444 bits per heavy atom. The number of allylic oxidation sites excluding steroid dienone is 24. The number of carbonyl (C=O) groups excluding carboxylic acids is 3. The van der Waals surface area contributed by atoms with Crippen LogP contribution in [0.4, 0.5) is 0 Å². The molecule has 0 aromatic rings. The molecule has 0 aliphatic carbocycles. The minimum Gasteiger partial charge on any atom is -0.462 e. The van der Waals surface area contributed by atoms with Crippen LogP contribution in [0.3, 0.4) is 0 Å². The van der Waals surface area contributed by atoms with E-state index in [-0.39, 0.29) is 31.1 Å². The fourth-order valence-electron chi connectivity index (χ4n) is 8.95. The second-order valence-corrected chi connectivity index (χ2v) is 21.6. The van der Waals surface area contributed by atoms with Gasteiger partial charge in [0.15, 0.2) is 6.10 Å². The van der Waals surface area contributed by atoms with Gasteiger partial charge in [-0.2, -0.15) is 0 Å². The molecule has 0 aromatic heterocycles. The molecule has 0 heterocycles. The quantitative estimate of drug-likeness (QED) is 0.0261. The van der Waals surface area contributed by atoms with Crippen LogP contribution in [0.2, 0.25) is 0 Å². The highest BCUT2D eigenvalue weighted by molar-refractivity contribution is 5.71. The highest BCUT2D eigenvalue weighted by atomic mass is 16.6. The van der Waals surface area contributed by atoms with Crippen LogP contribution in [0.1, 0.15) is 290 Å². The second-order valence-electron chi connectivity index (χ2n) is 21.6. The van der Waals surface area contributed by atoms with Crippen LogP contribution in [0.15, 0.2) is 146 Å². The average molecular weight is 1120 g/mol. The van der Waals surface area contributed by atoms with Crippen LogP contribution in [0, 0.1) is 0 Å². The predicted molar refractivity (Wildman–Crippen MR) is 352 cm³/mol. The molecule has 0 saturated carbocycles. The van der Waals surface area contributed by atoms with E-state index in [1.807, 2.05) is 0 Å². The van der Waals surface area contributed by atoms with Crippen LogP contribution in [-0.4, -0.2) is 37.2 Å². The fourth-order valence-corrected chi connectivity index (χ4v) is 8.95. The van der Waals surface area contributed by atoms with Gasteiger partial charge in [0.2, 0.25) is 0 Å². The monoisotopic (exact) mass is 1120 g/mol. The van der Waals surface area contributed by atoms with Crippen LogP contribution >= 0.6 is 0 Å². The lowest BCUT2D eigenvalue weighted by Gasteiger charge is -2.18. The number of hydrogen-bond donors (Lipinski definition) is 0. The minimum atomic E-state index is -0.806. The Kier molecular flexibility index (Phi) is 63.9. The first-order valence-electron chi connectivity index (χ1n) is 33.3. The first-order valence-corrected chi connectivity index (χ1v) is 33.3. The summed E-state index contributed by atoms with van der Waals surface area (Å²) in [5, 5.41) is 0. The number of ether oxygens (including phenoxy) is 3. The summed E-state index contributed by atoms with van der Waals surface area (Å²) < 4.78 is 16.9. The molecular weight excluding hydrogens is 997 g/mol. The first kappa shape index (κ1) is 76.3. The first-order chi connectivity index (χ1) is 40.0. The van der Waals surface area contributed by atoms with E-state index in [9.17, 15) is 14.4 Å². The van der Waals surface area contributed by atoms with E-state index >= 15 is 0 Å². The molecule has 6 nitrogen and oxygen atoms in total. The highest BCUT2D eigenvalue weighted by Crippen LogP contribution is 2.16. The number of rotatable bonds is 59. The van der Waals surface area contributed by atoms with Crippen molar-refractivity contribution in [2.45, 2.75) is 297 Å². The average Bonchev–Trinajstić information content (AvgIpc) is 3.47. The molecule has 1 atom stereocenters. The van der Waals surface area contributed by atoms with Gasteiger partial charge in [-0.1, -0.05) is 282 Å². The Balaban J connectivity index is 4.30. The maximum Gasteiger partial charge on any atom is 0.306 e. The van der Waals surface area contributed by atoms with Crippen molar-refractivity contribution >= 4 is 17.9 Å². The summed E-state index contributed by atoms with van der Waals surface area (Å²) >= 11 is 0. The Hall–Kier alpha value is -4.71. The molecule has 0 aliphatic heterocycles. The number of esters is 3. The molecule has 0 amide bonds. The van der Waals surface area contributed by atoms with Gasteiger partial charge in [0.05, 0.1) is 0 Å². The maximum atomic E-state index is 12.9. The van der Waals surface area contributed by atoms with Gasteiger partial charge in [-0.05, 0) is 135 Å². The minimum absolute atomic E-state index is 0.0986. The third kappa shape index (κ3) is 66.0. The van der Waals surface area contributed by atoms with Crippen LogP contribution in [0.5, 0.6) is 0 Å². The zero-order valence-corrected chi connectivity index (χ0v) is 52.5. The summed E-state index contributed by atoms with van der Waals surface area (Å²) in [5.74, 6) is -0.949. The lowest BCUT2D eigenvalue weighted by atomic mass is 10.0. The van der Waals surface area contributed by atoms with Crippen molar-refractivity contribution < 1.29 is 28.6 Å². The van der Waals surface area contributed by atoms with Crippen molar-refractivity contribution in [1.82, 2.24) is 0 Å². The van der Waals surface area contributed by atoms with Crippen molar-refractivity contribution in [3.8, 4) is 0 Å². The largest absolute Gasteiger partial charge is 0.462 e. The van der Waals surface area contributed by atoms with Crippen molar-refractivity contribution in [3.05, 3.63) is 146 Å². The van der Waals surface area contributed by atoms with Gasteiger partial charge in [-0.3, -0.25) is 14.4 Å². The summed E-state index contributed by atoms with van der Waals surface area (Å²) in [6.07, 6.45) is 97.3. The SMILES string of the molecule is CC/C=C\C/C=C\C/C=C\C/C=C\C/C=C\CCCCCCCCCCCCCCCCCC(=O)OCC(COC(=O)CCCC/C=C\C/C=C\C/C=C\C/C=C\CC)OC(=O)CCCCCCCCC/C=C\C/C=C\C/C=C\CC. The van der Waals surface area contributed by atoms with Crippen molar-refractivity contribution in [1.29, 1.82) is 0 Å². The third-order valence-electron chi connectivity index (χ3n) is 13.8. The molecule has 0 radical (unpaired) electrons. The summed E-state index contributed by atoms with van der Waals surface area (Å²) in [7, 11) is 0. The standard InChI is InChI=1S/C75H122O6/c1-4-7-10-13-16-19-22-25-28-30-31-32-33-34-35-36-37-38-39-40-41-42-43-45-47-50-53-56-59-62-65-68-74(77)80-71-72(70-79-73(76)67-64-61-58-55-52-49-46-27-24-21-18-15-12-9-6-3)81-75(78)69-66-63-60-57-54-51-48-44-29-26-23-20-17-14-11-8-5-2/h7-12,16-21,25-29,31-32,34-35,46,52,55,72H,4-6,13-15,22-24,30,33,36-45,47-51,53-54,56-71H2,1-3H3/b10-7-,11-8-,12-9-,19-16-,20-17-,21-18-,28-25-,29-26-,32-31-,35-34-,46-27-,55-52-. The fraction of sp³-hybridized carbons (Fsp3) is 0.640. The topological polar surface area (TPSA) is 78.9 Å². The Bertz CT molecular complexity index is 1760. The molecule has 1 unspecified atom stereocenters. The van der Waals surface area contributed by atoms with Gasteiger partial charge in [0.1, 0.15) is 13.2 Å². The second kappa shape index (κ2) is 67.8. The summed E-state index contributed by atoms with van der Waals surface area (Å²) in [5.41, 5.74) is 0. The molecule has 0 aromatic carbocycles. The Morgan fingerprint density at radius 3 is 0.716 bits per heavy atom.